The zero-order chi connectivity index (χ0) is 10.3. The molecule has 0 aliphatic carbocycles. The Morgan fingerprint density at radius 3 is 2.46 bits per heavy atom. The Balaban J connectivity index is 3.41. The number of rotatable bonds is 5. The molecule has 0 bridgehead atoms. The van der Waals surface area contributed by atoms with Crippen LogP contribution in [0, 0.1) is 0 Å². The van der Waals surface area contributed by atoms with Crippen molar-refractivity contribution in [3.63, 3.8) is 0 Å². The number of carboxylic acid groups (broad SMARTS) is 1. The van der Waals surface area contributed by atoms with Gasteiger partial charge in [-0.2, -0.15) is 0 Å². The van der Waals surface area contributed by atoms with Crippen LogP contribution in [-0.4, -0.2) is 34.4 Å². The summed E-state index contributed by atoms with van der Waals surface area (Å²) in [5, 5.41) is 10.3. The van der Waals surface area contributed by atoms with Crippen LogP contribution in [0.5, 0.6) is 0 Å². The van der Waals surface area contributed by atoms with Gasteiger partial charge >= 0.3 is 5.97 Å². The maximum atomic E-state index is 10.8. The highest BCUT2D eigenvalue weighted by Gasteiger charge is 2.04. The second-order valence-corrected chi connectivity index (χ2v) is 3.53. The molecule has 0 radical (unpaired) electrons. The molecule has 0 saturated heterocycles. The number of thioether (sulfide) groups is 1. The van der Waals surface area contributed by atoms with E-state index in [9.17, 15) is 14.4 Å². The lowest BCUT2D eigenvalue weighted by molar-refractivity contribution is -0.137. The molecular formula is C7H11NO4S. The van der Waals surface area contributed by atoms with Gasteiger partial charge in [-0.3, -0.25) is 14.4 Å². The van der Waals surface area contributed by atoms with Gasteiger partial charge in [-0.25, -0.2) is 0 Å². The second kappa shape index (κ2) is 6.47. The first-order valence-corrected chi connectivity index (χ1v) is 4.63. The van der Waals surface area contributed by atoms with Crippen molar-refractivity contribution in [3.8, 4) is 0 Å². The summed E-state index contributed by atoms with van der Waals surface area (Å²) in [4.78, 5) is 31.3. The predicted octanol–water partition coefficient (Wildman–Crippen LogP) is -0.143. The number of carbonyl (C=O) groups is 3. The molecule has 0 aromatic carbocycles. The van der Waals surface area contributed by atoms with Crippen molar-refractivity contribution in [3.05, 3.63) is 0 Å². The quantitative estimate of drug-likeness (QED) is 0.652. The van der Waals surface area contributed by atoms with Gasteiger partial charge in [0.25, 0.3) is 0 Å². The van der Waals surface area contributed by atoms with E-state index in [2.05, 4.69) is 5.32 Å². The lowest BCUT2D eigenvalue weighted by Gasteiger charge is -2.00. The van der Waals surface area contributed by atoms with E-state index in [0.29, 0.717) is 5.75 Å². The number of nitrogens with one attached hydrogen (secondary N) is 1. The molecule has 13 heavy (non-hydrogen) atoms. The van der Waals surface area contributed by atoms with Crippen LogP contribution in [0.25, 0.3) is 0 Å². The van der Waals surface area contributed by atoms with Crippen LogP contribution in [0.4, 0.5) is 0 Å². The molecular weight excluding hydrogens is 194 g/mol. The van der Waals surface area contributed by atoms with Gasteiger partial charge in [0.1, 0.15) is 6.54 Å². The van der Waals surface area contributed by atoms with Crippen LogP contribution in [-0.2, 0) is 14.4 Å². The topological polar surface area (TPSA) is 83.5 Å². The van der Waals surface area contributed by atoms with E-state index in [-0.39, 0.29) is 24.0 Å². The van der Waals surface area contributed by atoms with Crippen molar-refractivity contribution in [1.29, 1.82) is 0 Å². The summed E-state index contributed by atoms with van der Waals surface area (Å²) in [6.45, 7) is 1.05. The first-order chi connectivity index (χ1) is 6.02. The van der Waals surface area contributed by atoms with Crippen LogP contribution in [0.15, 0.2) is 0 Å². The Bertz CT molecular complexity index is 217. The lowest BCUT2D eigenvalue weighted by atomic mass is 10.4. The highest BCUT2D eigenvalue weighted by Crippen LogP contribution is 2.02. The monoisotopic (exact) mass is 205 g/mol. The van der Waals surface area contributed by atoms with Crippen LogP contribution in [0.2, 0.25) is 0 Å². The van der Waals surface area contributed by atoms with E-state index in [0.717, 1.165) is 11.8 Å². The number of aliphatic carboxylic acids is 1. The van der Waals surface area contributed by atoms with Crippen LogP contribution >= 0.6 is 11.8 Å². The molecule has 1 amide bonds. The Kier molecular flexibility index (Phi) is 5.96. The first kappa shape index (κ1) is 12.0. The molecule has 2 N–H and O–H groups in total. The molecule has 0 spiro atoms. The molecule has 0 unspecified atom stereocenters. The van der Waals surface area contributed by atoms with Gasteiger partial charge in [-0.05, 0) is 0 Å². The summed E-state index contributed by atoms with van der Waals surface area (Å²) in [5.41, 5.74) is 0. The minimum absolute atomic E-state index is 0.0500. The fourth-order valence-electron chi connectivity index (χ4n) is 0.550. The van der Waals surface area contributed by atoms with E-state index < -0.39 is 5.97 Å². The molecule has 0 heterocycles. The van der Waals surface area contributed by atoms with E-state index in [4.69, 9.17) is 5.11 Å². The molecule has 0 aliphatic rings. The fraction of sp³-hybridized carbons (Fsp3) is 0.571. The normalized spacial score (nSPS) is 9.31. The van der Waals surface area contributed by atoms with Crippen molar-refractivity contribution in [2.75, 3.05) is 12.3 Å². The zero-order valence-electron chi connectivity index (χ0n) is 7.20. The summed E-state index contributed by atoms with van der Waals surface area (Å²) >= 11 is 1.05. The van der Waals surface area contributed by atoms with E-state index >= 15 is 0 Å². The smallest absolute Gasteiger partial charge is 0.322 e. The Morgan fingerprint density at radius 2 is 2.00 bits per heavy atom. The standard InChI is InChI=1S/C7H11NO4S/c1-5(9)13-3-2-6(10)8-4-7(11)12/h2-4H2,1H3,(H,8,10)(H,11,12). The molecule has 6 heteroatoms. The molecule has 5 nitrogen and oxygen atoms in total. The Labute approximate surface area is 79.9 Å². The van der Waals surface area contributed by atoms with Gasteiger partial charge in [0.2, 0.25) is 5.91 Å². The molecule has 0 rings (SSSR count). The molecule has 0 aromatic rings. The highest BCUT2D eigenvalue weighted by atomic mass is 32.2. The lowest BCUT2D eigenvalue weighted by Crippen LogP contribution is -2.29. The van der Waals surface area contributed by atoms with Gasteiger partial charge < -0.3 is 10.4 Å². The SMILES string of the molecule is CC(=O)SCCC(=O)NCC(=O)O. The number of amides is 1. The number of carboxylic acids is 1. The largest absolute Gasteiger partial charge is 0.480 e. The minimum Gasteiger partial charge on any atom is -0.480 e. The average molecular weight is 205 g/mol. The number of hydrogen-bond acceptors (Lipinski definition) is 4. The third-order valence-corrected chi connectivity index (χ3v) is 1.89. The van der Waals surface area contributed by atoms with E-state index in [1.54, 1.807) is 0 Å². The summed E-state index contributed by atoms with van der Waals surface area (Å²) in [6.07, 6.45) is 0.164. The molecule has 0 saturated carbocycles. The van der Waals surface area contributed by atoms with Crippen molar-refractivity contribution in [2.45, 2.75) is 13.3 Å². The second-order valence-electron chi connectivity index (χ2n) is 2.26. The molecule has 0 aliphatic heterocycles. The van der Waals surface area contributed by atoms with E-state index in [1.165, 1.54) is 6.92 Å². The fourth-order valence-corrected chi connectivity index (χ4v) is 1.12. The van der Waals surface area contributed by atoms with Gasteiger partial charge in [0, 0.05) is 19.1 Å². The third-order valence-electron chi connectivity index (χ3n) is 1.07. The average Bonchev–Trinajstić information content (AvgIpc) is 2.00. The zero-order valence-corrected chi connectivity index (χ0v) is 8.02. The number of hydrogen-bond donors (Lipinski definition) is 2. The summed E-state index contributed by atoms with van der Waals surface area (Å²) in [6, 6.07) is 0. The van der Waals surface area contributed by atoms with Crippen LogP contribution in [0.3, 0.4) is 0 Å². The molecule has 0 aromatic heterocycles. The maximum Gasteiger partial charge on any atom is 0.322 e. The molecule has 0 atom stereocenters. The highest BCUT2D eigenvalue weighted by molar-refractivity contribution is 8.13. The van der Waals surface area contributed by atoms with Gasteiger partial charge in [-0.15, -0.1) is 0 Å². The van der Waals surface area contributed by atoms with Crippen molar-refractivity contribution in [1.82, 2.24) is 5.32 Å². The van der Waals surface area contributed by atoms with Crippen molar-refractivity contribution in [2.24, 2.45) is 0 Å². The van der Waals surface area contributed by atoms with Crippen LogP contribution in [0.1, 0.15) is 13.3 Å². The maximum absolute atomic E-state index is 10.8. The Hall–Kier alpha value is -1.04. The summed E-state index contributed by atoms with van der Waals surface area (Å²) < 4.78 is 0. The predicted molar refractivity (Wildman–Crippen MR) is 48.4 cm³/mol. The Morgan fingerprint density at radius 1 is 1.38 bits per heavy atom. The third kappa shape index (κ3) is 8.87. The van der Waals surface area contributed by atoms with E-state index in [1.807, 2.05) is 0 Å². The van der Waals surface area contributed by atoms with Crippen molar-refractivity contribution < 1.29 is 19.5 Å². The summed E-state index contributed by atoms with van der Waals surface area (Å²) in [5.74, 6) is -1.04. The van der Waals surface area contributed by atoms with Gasteiger partial charge in [0.05, 0.1) is 0 Å². The van der Waals surface area contributed by atoms with Crippen LogP contribution < -0.4 is 5.32 Å². The molecule has 74 valence electrons. The van der Waals surface area contributed by atoms with Gasteiger partial charge in [0.15, 0.2) is 5.12 Å². The molecule has 0 fully saturated rings. The summed E-state index contributed by atoms with van der Waals surface area (Å²) in [7, 11) is 0. The first-order valence-electron chi connectivity index (χ1n) is 3.64. The van der Waals surface area contributed by atoms with Gasteiger partial charge in [-0.1, -0.05) is 11.8 Å². The minimum atomic E-state index is -1.08. The number of carbonyl (C=O) groups excluding carboxylic acids is 2. The van der Waals surface area contributed by atoms with Crippen molar-refractivity contribution >= 4 is 28.8 Å².